The SMILES string of the molecule is CCOC(=O)c1cccc(NC(=O)Cn2cnc3c(oc4ccccc43)c2=O)c1. The number of rotatable bonds is 5. The predicted octanol–water partition coefficient (Wildman–Crippen LogP) is 2.96. The number of ether oxygens (including phenoxy) is 1. The van der Waals surface area contributed by atoms with Gasteiger partial charge in [0.15, 0.2) is 0 Å². The van der Waals surface area contributed by atoms with Gasteiger partial charge in [0.25, 0.3) is 5.56 Å². The summed E-state index contributed by atoms with van der Waals surface area (Å²) in [5, 5.41) is 3.41. The first-order valence-corrected chi connectivity index (χ1v) is 9.00. The Morgan fingerprint density at radius 3 is 2.83 bits per heavy atom. The molecule has 0 bridgehead atoms. The third kappa shape index (κ3) is 3.60. The van der Waals surface area contributed by atoms with Gasteiger partial charge in [0, 0.05) is 11.1 Å². The molecule has 2 aromatic heterocycles. The standard InChI is InChI=1S/C21H17N3O5/c1-2-28-21(27)13-6-5-7-14(10-13)23-17(25)11-24-12-22-18-15-8-3-4-9-16(15)29-19(18)20(24)26/h3-10,12H,2,11H2,1H3,(H,23,25). The lowest BCUT2D eigenvalue weighted by Crippen LogP contribution is -2.27. The maximum absolute atomic E-state index is 12.7. The number of aromatic nitrogens is 2. The molecular formula is C21H17N3O5. The first kappa shape index (κ1) is 18.4. The number of nitrogens with one attached hydrogen (secondary N) is 1. The van der Waals surface area contributed by atoms with Gasteiger partial charge in [-0.2, -0.15) is 0 Å². The molecule has 0 aliphatic carbocycles. The Labute approximate surface area is 164 Å². The number of carbonyl (C=O) groups is 2. The number of hydrogen-bond donors (Lipinski definition) is 1. The predicted molar refractivity (Wildman–Crippen MR) is 107 cm³/mol. The topological polar surface area (TPSA) is 103 Å². The highest BCUT2D eigenvalue weighted by molar-refractivity contribution is 6.02. The van der Waals surface area contributed by atoms with E-state index in [1.165, 1.54) is 17.0 Å². The number of hydrogen-bond acceptors (Lipinski definition) is 6. The molecule has 0 spiro atoms. The summed E-state index contributed by atoms with van der Waals surface area (Å²) in [6.07, 6.45) is 1.32. The summed E-state index contributed by atoms with van der Waals surface area (Å²) in [5.41, 5.74) is 1.43. The minimum absolute atomic E-state index is 0.103. The van der Waals surface area contributed by atoms with Crippen molar-refractivity contribution in [3.63, 3.8) is 0 Å². The zero-order valence-corrected chi connectivity index (χ0v) is 15.5. The summed E-state index contributed by atoms with van der Waals surface area (Å²) in [5.74, 6) is -0.912. The highest BCUT2D eigenvalue weighted by Gasteiger charge is 2.15. The van der Waals surface area contributed by atoms with E-state index in [-0.39, 0.29) is 18.7 Å². The molecule has 0 saturated heterocycles. The van der Waals surface area contributed by atoms with E-state index in [1.807, 2.05) is 12.1 Å². The molecule has 0 radical (unpaired) electrons. The smallest absolute Gasteiger partial charge is 0.338 e. The fraction of sp³-hybridized carbons (Fsp3) is 0.143. The van der Waals surface area contributed by atoms with Gasteiger partial charge in [-0.1, -0.05) is 18.2 Å². The van der Waals surface area contributed by atoms with Crippen LogP contribution in [0.25, 0.3) is 22.1 Å². The highest BCUT2D eigenvalue weighted by Crippen LogP contribution is 2.24. The number of amides is 1. The van der Waals surface area contributed by atoms with Crippen LogP contribution in [0.1, 0.15) is 17.3 Å². The summed E-state index contributed by atoms with van der Waals surface area (Å²) in [6.45, 7) is 1.73. The number of anilines is 1. The maximum atomic E-state index is 12.7. The zero-order valence-electron chi connectivity index (χ0n) is 15.5. The van der Waals surface area contributed by atoms with Gasteiger partial charge >= 0.3 is 5.97 Å². The lowest BCUT2D eigenvalue weighted by molar-refractivity contribution is -0.116. The molecule has 8 heteroatoms. The van der Waals surface area contributed by atoms with Crippen LogP contribution in [0.15, 0.2) is 64.1 Å². The third-order valence-corrected chi connectivity index (χ3v) is 4.32. The van der Waals surface area contributed by atoms with Gasteiger partial charge in [-0.3, -0.25) is 14.2 Å². The molecule has 8 nitrogen and oxygen atoms in total. The van der Waals surface area contributed by atoms with Crippen LogP contribution < -0.4 is 10.9 Å². The molecule has 4 aromatic rings. The number of furan rings is 1. The van der Waals surface area contributed by atoms with Crippen molar-refractivity contribution in [1.82, 2.24) is 9.55 Å². The second-order valence-electron chi connectivity index (χ2n) is 6.30. The first-order valence-electron chi connectivity index (χ1n) is 9.00. The molecule has 0 unspecified atom stereocenters. The van der Waals surface area contributed by atoms with Crippen molar-refractivity contribution in [3.8, 4) is 0 Å². The van der Waals surface area contributed by atoms with Crippen LogP contribution in [0.4, 0.5) is 5.69 Å². The van der Waals surface area contributed by atoms with Crippen molar-refractivity contribution in [2.24, 2.45) is 0 Å². The van der Waals surface area contributed by atoms with Crippen LogP contribution in [0.5, 0.6) is 0 Å². The lowest BCUT2D eigenvalue weighted by atomic mass is 10.2. The fourth-order valence-corrected chi connectivity index (χ4v) is 3.02. The molecule has 0 saturated carbocycles. The van der Waals surface area contributed by atoms with Crippen molar-refractivity contribution in [2.75, 3.05) is 11.9 Å². The van der Waals surface area contributed by atoms with Gasteiger partial charge in [-0.05, 0) is 37.3 Å². The normalized spacial score (nSPS) is 10.9. The Hall–Kier alpha value is -3.94. The second-order valence-corrected chi connectivity index (χ2v) is 6.30. The van der Waals surface area contributed by atoms with Gasteiger partial charge in [0.1, 0.15) is 17.6 Å². The molecule has 0 fully saturated rings. The van der Waals surface area contributed by atoms with Crippen molar-refractivity contribution in [1.29, 1.82) is 0 Å². The third-order valence-electron chi connectivity index (χ3n) is 4.32. The van der Waals surface area contributed by atoms with Gasteiger partial charge in [0.05, 0.1) is 18.5 Å². The molecule has 29 heavy (non-hydrogen) atoms. The van der Waals surface area contributed by atoms with Crippen LogP contribution in [0.2, 0.25) is 0 Å². The van der Waals surface area contributed by atoms with Crippen LogP contribution in [0, 0.1) is 0 Å². The molecular weight excluding hydrogens is 374 g/mol. The van der Waals surface area contributed by atoms with E-state index < -0.39 is 17.4 Å². The Kier molecular flexibility index (Phi) is 4.82. The fourth-order valence-electron chi connectivity index (χ4n) is 3.02. The molecule has 0 aliphatic rings. The van der Waals surface area contributed by atoms with Crippen molar-refractivity contribution >= 4 is 39.6 Å². The summed E-state index contributed by atoms with van der Waals surface area (Å²) in [6, 6.07) is 13.6. The Balaban J connectivity index is 1.56. The average molecular weight is 391 g/mol. The molecule has 0 atom stereocenters. The Morgan fingerprint density at radius 2 is 2.00 bits per heavy atom. The summed E-state index contributed by atoms with van der Waals surface area (Å²) < 4.78 is 11.7. The van der Waals surface area contributed by atoms with Crippen molar-refractivity contribution in [3.05, 3.63) is 70.8 Å². The van der Waals surface area contributed by atoms with E-state index in [1.54, 1.807) is 37.3 Å². The van der Waals surface area contributed by atoms with Gasteiger partial charge in [-0.25, -0.2) is 9.78 Å². The van der Waals surface area contributed by atoms with E-state index >= 15 is 0 Å². The average Bonchev–Trinajstić information content (AvgIpc) is 3.10. The monoisotopic (exact) mass is 391 g/mol. The molecule has 0 aliphatic heterocycles. The number of carbonyl (C=O) groups excluding carboxylic acids is 2. The minimum atomic E-state index is -0.473. The van der Waals surface area contributed by atoms with Crippen molar-refractivity contribution in [2.45, 2.75) is 13.5 Å². The summed E-state index contributed by atoms with van der Waals surface area (Å²) >= 11 is 0. The second kappa shape index (κ2) is 7.59. The van der Waals surface area contributed by atoms with Crippen LogP contribution >= 0.6 is 0 Å². The van der Waals surface area contributed by atoms with Gasteiger partial charge in [-0.15, -0.1) is 0 Å². The van der Waals surface area contributed by atoms with E-state index in [9.17, 15) is 14.4 Å². The number of benzene rings is 2. The lowest BCUT2D eigenvalue weighted by Gasteiger charge is -2.08. The van der Waals surface area contributed by atoms with E-state index in [0.717, 1.165) is 5.39 Å². The number of para-hydroxylation sites is 1. The molecule has 1 N–H and O–H groups in total. The summed E-state index contributed by atoms with van der Waals surface area (Å²) in [4.78, 5) is 41.2. The molecule has 146 valence electrons. The largest absolute Gasteiger partial charge is 0.462 e. The van der Waals surface area contributed by atoms with Crippen LogP contribution in [-0.2, 0) is 16.1 Å². The molecule has 2 heterocycles. The maximum Gasteiger partial charge on any atom is 0.338 e. The van der Waals surface area contributed by atoms with Gasteiger partial charge in [0.2, 0.25) is 11.5 Å². The quantitative estimate of drug-likeness (QED) is 0.525. The number of nitrogens with zero attached hydrogens (tertiary/aromatic N) is 2. The van der Waals surface area contributed by atoms with Gasteiger partial charge < -0.3 is 14.5 Å². The zero-order chi connectivity index (χ0) is 20.4. The van der Waals surface area contributed by atoms with Crippen molar-refractivity contribution < 1.29 is 18.7 Å². The number of esters is 1. The first-order chi connectivity index (χ1) is 14.1. The van der Waals surface area contributed by atoms with E-state index in [2.05, 4.69) is 10.3 Å². The van der Waals surface area contributed by atoms with E-state index in [4.69, 9.17) is 9.15 Å². The van der Waals surface area contributed by atoms with Crippen LogP contribution in [0.3, 0.4) is 0 Å². The Bertz CT molecular complexity index is 1290. The molecule has 2 aromatic carbocycles. The summed E-state index contributed by atoms with van der Waals surface area (Å²) in [7, 11) is 0. The number of fused-ring (bicyclic) bond motifs is 3. The minimum Gasteiger partial charge on any atom is -0.462 e. The van der Waals surface area contributed by atoms with E-state index in [0.29, 0.717) is 22.4 Å². The molecule has 4 rings (SSSR count). The molecule has 1 amide bonds. The Morgan fingerprint density at radius 1 is 1.17 bits per heavy atom. The highest BCUT2D eigenvalue weighted by atomic mass is 16.5. The van der Waals surface area contributed by atoms with Crippen LogP contribution in [-0.4, -0.2) is 28.0 Å².